The Morgan fingerprint density at radius 1 is 1.03 bits per heavy atom. The molecular formula is C24H30FN3O3. The highest BCUT2D eigenvalue weighted by Crippen LogP contribution is 2.38. The maximum absolute atomic E-state index is 14.1. The molecule has 0 saturated carbocycles. The van der Waals surface area contributed by atoms with Crippen LogP contribution >= 0.6 is 0 Å². The summed E-state index contributed by atoms with van der Waals surface area (Å²) in [6.07, 6.45) is 2.03. The van der Waals surface area contributed by atoms with E-state index in [1.54, 1.807) is 26.4 Å². The zero-order valence-electron chi connectivity index (χ0n) is 18.2. The molecule has 0 bridgehead atoms. The minimum atomic E-state index is -0.213. The van der Waals surface area contributed by atoms with E-state index in [2.05, 4.69) is 4.90 Å². The predicted octanol–water partition coefficient (Wildman–Crippen LogP) is 3.33. The van der Waals surface area contributed by atoms with E-state index in [-0.39, 0.29) is 17.8 Å². The number of hydrogen-bond acceptors (Lipinski definition) is 5. The van der Waals surface area contributed by atoms with Gasteiger partial charge in [0.15, 0.2) is 0 Å². The minimum Gasteiger partial charge on any atom is -0.497 e. The van der Waals surface area contributed by atoms with Gasteiger partial charge >= 0.3 is 0 Å². The van der Waals surface area contributed by atoms with Crippen molar-refractivity contribution >= 4 is 11.6 Å². The molecule has 2 aliphatic rings. The highest BCUT2D eigenvalue weighted by atomic mass is 19.1. The fourth-order valence-electron chi connectivity index (χ4n) is 4.65. The topological polar surface area (TPSA) is 45.3 Å². The summed E-state index contributed by atoms with van der Waals surface area (Å²) in [5.41, 5.74) is 1.68. The molecule has 2 fully saturated rings. The largest absolute Gasteiger partial charge is 0.497 e. The van der Waals surface area contributed by atoms with Crippen LogP contribution in [0.15, 0.2) is 42.5 Å². The van der Waals surface area contributed by atoms with Gasteiger partial charge < -0.3 is 19.3 Å². The fraction of sp³-hybridized carbons (Fsp3) is 0.458. The first-order chi connectivity index (χ1) is 15.1. The van der Waals surface area contributed by atoms with Gasteiger partial charge in [0, 0.05) is 37.8 Å². The fourth-order valence-corrected chi connectivity index (χ4v) is 4.65. The lowest BCUT2D eigenvalue weighted by Crippen LogP contribution is -2.51. The lowest BCUT2D eigenvalue weighted by atomic mass is 10.0. The van der Waals surface area contributed by atoms with Crippen LogP contribution in [0.5, 0.6) is 11.5 Å². The molecule has 2 aliphatic heterocycles. The zero-order chi connectivity index (χ0) is 21.8. The van der Waals surface area contributed by atoms with Gasteiger partial charge in [-0.15, -0.1) is 0 Å². The van der Waals surface area contributed by atoms with Crippen molar-refractivity contribution in [3.8, 4) is 11.5 Å². The van der Waals surface area contributed by atoms with Crippen molar-refractivity contribution in [1.29, 1.82) is 0 Å². The average Bonchev–Trinajstić information content (AvgIpc) is 3.27. The van der Waals surface area contributed by atoms with Crippen molar-refractivity contribution in [1.82, 2.24) is 9.80 Å². The summed E-state index contributed by atoms with van der Waals surface area (Å²) in [5, 5.41) is 0. The number of likely N-dealkylation sites (tertiary alicyclic amines) is 1. The Kier molecular flexibility index (Phi) is 6.61. The number of ether oxygens (including phenoxy) is 2. The number of amides is 1. The molecule has 1 amide bonds. The molecule has 0 radical (unpaired) electrons. The van der Waals surface area contributed by atoms with E-state index in [9.17, 15) is 9.18 Å². The number of carbonyl (C=O) groups excluding carboxylic acids is 1. The van der Waals surface area contributed by atoms with Gasteiger partial charge in [-0.3, -0.25) is 9.69 Å². The third-order valence-corrected chi connectivity index (χ3v) is 6.32. The summed E-state index contributed by atoms with van der Waals surface area (Å²) < 4.78 is 25.0. The van der Waals surface area contributed by atoms with Crippen LogP contribution in [0.25, 0.3) is 0 Å². The van der Waals surface area contributed by atoms with E-state index < -0.39 is 0 Å². The van der Waals surface area contributed by atoms with Crippen LogP contribution in [0.4, 0.5) is 10.1 Å². The lowest BCUT2D eigenvalue weighted by molar-refractivity contribution is -0.133. The Balaban J connectivity index is 1.39. The second-order valence-electron chi connectivity index (χ2n) is 8.06. The highest BCUT2D eigenvalue weighted by Gasteiger charge is 2.32. The molecule has 0 aromatic heterocycles. The van der Waals surface area contributed by atoms with Gasteiger partial charge in [-0.05, 0) is 49.7 Å². The van der Waals surface area contributed by atoms with Crippen LogP contribution in [-0.4, -0.2) is 69.2 Å². The van der Waals surface area contributed by atoms with Gasteiger partial charge in [0.25, 0.3) is 0 Å². The summed E-state index contributed by atoms with van der Waals surface area (Å²) >= 11 is 0. The van der Waals surface area contributed by atoms with Crippen molar-refractivity contribution in [2.45, 2.75) is 18.9 Å². The summed E-state index contributed by atoms with van der Waals surface area (Å²) in [5.74, 6) is 1.53. The van der Waals surface area contributed by atoms with Gasteiger partial charge in [-0.25, -0.2) is 4.39 Å². The third-order valence-electron chi connectivity index (χ3n) is 6.32. The van der Waals surface area contributed by atoms with Crippen molar-refractivity contribution < 1.29 is 18.7 Å². The number of methoxy groups -OCH3 is 2. The molecule has 0 spiro atoms. The zero-order valence-corrected chi connectivity index (χ0v) is 18.2. The van der Waals surface area contributed by atoms with Crippen LogP contribution in [-0.2, 0) is 4.79 Å². The number of benzene rings is 2. The van der Waals surface area contributed by atoms with E-state index in [1.807, 2.05) is 34.1 Å². The predicted molar refractivity (Wildman–Crippen MR) is 118 cm³/mol. The Hall–Kier alpha value is -2.80. The highest BCUT2D eigenvalue weighted by molar-refractivity contribution is 5.78. The van der Waals surface area contributed by atoms with Crippen molar-refractivity contribution in [2.24, 2.45) is 0 Å². The second kappa shape index (κ2) is 9.56. The molecule has 2 saturated heterocycles. The molecule has 6 nitrogen and oxygen atoms in total. The van der Waals surface area contributed by atoms with Gasteiger partial charge in [-0.1, -0.05) is 12.1 Å². The molecule has 166 valence electrons. The quantitative estimate of drug-likeness (QED) is 0.708. The lowest BCUT2D eigenvalue weighted by Gasteiger charge is -2.37. The Morgan fingerprint density at radius 3 is 2.52 bits per heavy atom. The maximum Gasteiger partial charge on any atom is 0.236 e. The van der Waals surface area contributed by atoms with E-state index in [1.165, 1.54) is 6.07 Å². The molecule has 0 unspecified atom stereocenters. The number of rotatable bonds is 6. The summed E-state index contributed by atoms with van der Waals surface area (Å²) in [7, 11) is 3.33. The second-order valence-corrected chi connectivity index (χ2v) is 8.06. The number of halogens is 1. The maximum atomic E-state index is 14.1. The Bertz CT molecular complexity index is 915. The summed E-state index contributed by atoms with van der Waals surface area (Å²) in [6, 6.07) is 12.8. The smallest absolute Gasteiger partial charge is 0.236 e. The van der Waals surface area contributed by atoms with Crippen LogP contribution in [0.3, 0.4) is 0 Å². The molecule has 7 heteroatoms. The summed E-state index contributed by atoms with van der Waals surface area (Å²) in [4.78, 5) is 19.2. The summed E-state index contributed by atoms with van der Waals surface area (Å²) in [6.45, 7) is 3.75. The Labute approximate surface area is 183 Å². The van der Waals surface area contributed by atoms with Crippen LogP contribution in [0.1, 0.15) is 24.4 Å². The standard InChI is InChI=1S/C24H30FN3O3/c1-30-18-9-10-23(31-2)19(16-18)21-8-5-11-28(21)17-24(29)27-14-12-26(13-15-27)22-7-4-3-6-20(22)25/h3-4,6-7,9-10,16,21H,5,8,11-15,17H2,1-2H3/t21-/m0/s1. The van der Waals surface area contributed by atoms with E-state index in [0.717, 1.165) is 36.4 Å². The molecule has 0 N–H and O–H groups in total. The number of para-hydroxylation sites is 1. The first-order valence-electron chi connectivity index (χ1n) is 10.8. The monoisotopic (exact) mass is 427 g/mol. The molecule has 31 heavy (non-hydrogen) atoms. The van der Waals surface area contributed by atoms with Crippen molar-refractivity contribution in [2.75, 3.05) is 58.4 Å². The molecular weight excluding hydrogens is 397 g/mol. The van der Waals surface area contributed by atoms with Crippen molar-refractivity contribution in [3.05, 3.63) is 53.8 Å². The average molecular weight is 428 g/mol. The van der Waals surface area contributed by atoms with Gasteiger partial charge in [-0.2, -0.15) is 0 Å². The number of nitrogens with zero attached hydrogens (tertiary/aromatic N) is 3. The van der Waals surface area contributed by atoms with Crippen LogP contribution in [0.2, 0.25) is 0 Å². The number of carbonyl (C=O) groups is 1. The normalized spacial score (nSPS) is 19.5. The SMILES string of the molecule is COc1ccc(OC)c([C@@H]2CCCN2CC(=O)N2CCN(c3ccccc3F)CC2)c1. The van der Waals surface area contributed by atoms with Crippen LogP contribution < -0.4 is 14.4 Å². The van der Waals surface area contributed by atoms with E-state index >= 15 is 0 Å². The molecule has 2 heterocycles. The van der Waals surface area contributed by atoms with Crippen LogP contribution in [0, 0.1) is 5.82 Å². The third kappa shape index (κ3) is 4.61. The molecule has 4 rings (SSSR count). The number of hydrogen-bond donors (Lipinski definition) is 0. The molecule has 2 aromatic rings. The van der Waals surface area contributed by atoms with E-state index in [4.69, 9.17) is 9.47 Å². The van der Waals surface area contributed by atoms with Gasteiger partial charge in [0.2, 0.25) is 5.91 Å². The van der Waals surface area contributed by atoms with Gasteiger partial charge in [0.05, 0.1) is 26.5 Å². The number of anilines is 1. The molecule has 0 aliphatic carbocycles. The van der Waals surface area contributed by atoms with Gasteiger partial charge in [0.1, 0.15) is 17.3 Å². The van der Waals surface area contributed by atoms with E-state index in [0.29, 0.717) is 38.4 Å². The number of piperazine rings is 1. The Morgan fingerprint density at radius 2 is 1.81 bits per heavy atom. The molecule has 2 aromatic carbocycles. The first-order valence-corrected chi connectivity index (χ1v) is 10.8. The first kappa shape index (κ1) is 21.4. The van der Waals surface area contributed by atoms with Crippen molar-refractivity contribution in [3.63, 3.8) is 0 Å². The molecule has 1 atom stereocenters. The minimum absolute atomic E-state index is 0.127.